The van der Waals surface area contributed by atoms with E-state index in [1.165, 1.54) is 29.7 Å². The molecule has 0 aromatic heterocycles. The summed E-state index contributed by atoms with van der Waals surface area (Å²) in [6.45, 7) is 2.15. The summed E-state index contributed by atoms with van der Waals surface area (Å²) in [6.07, 6.45) is 0.760. The van der Waals surface area contributed by atoms with Gasteiger partial charge in [-0.05, 0) is 79.8 Å². The van der Waals surface area contributed by atoms with Crippen molar-refractivity contribution < 1.29 is 17.9 Å². The molecule has 3 aromatic carbocycles. The van der Waals surface area contributed by atoms with E-state index < -0.39 is 10.0 Å². The highest BCUT2D eigenvalue weighted by Crippen LogP contribution is 2.26. The van der Waals surface area contributed by atoms with Crippen LogP contribution >= 0.6 is 23.4 Å². The molecule has 3 aromatic rings. The van der Waals surface area contributed by atoms with Gasteiger partial charge in [0.25, 0.3) is 10.0 Å². The second-order valence-electron chi connectivity index (χ2n) is 7.53. The molecule has 0 spiro atoms. The number of nitrogens with zero attached hydrogens (tertiary/aromatic N) is 1. The van der Waals surface area contributed by atoms with E-state index in [-0.39, 0.29) is 17.3 Å². The van der Waals surface area contributed by atoms with E-state index in [0.29, 0.717) is 23.0 Å². The second kappa shape index (κ2) is 12.1. The predicted octanol–water partition coefficient (Wildman–Crippen LogP) is 5.15. The van der Waals surface area contributed by atoms with E-state index in [2.05, 4.69) is 29.6 Å². The lowest BCUT2D eigenvalue weighted by atomic mass is 10.2. The van der Waals surface area contributed by atoms with Crippen molar-refractivity contribution in [1.82, 2.24) is 5.32 Å². The van der Waals surface area contributed by atoms with Crippen molar-refractivity contribution in [2.45, 2.75) is 23.1 Å². The van der Waals surface area contributed by atoms with Gasteiger partial charge in [0.2, 0.25) is 5.91 Å². The number of aryl methyl sites for hydroxylation is 1. The fourth-order valence-corrected chi connectivity index (χ4v) is 5.51. The van der Waals surface area contributed by atoms with Gasteiger partial charge in [-0.1, -0.05) is 29.3 Å². The zero-order valence-electron chi connectivity index (χ0n) is 19.0. The molecule has 34 heavy (non-hydrogen) atoms. The molecule has 0 heterocycles. The maximum Gasteiger partial charge on any atom is 0.264 e. The summed E-state index contributed by atoms with van der Waals surface area (Å²) in [4.78, 5) is 13.9. The summed E-state index contributed by atoms with van der Waals surface area (Å²) in [7, 11) is -2.49. The van der Waals surface area contributed by atoms with Crippen LogP contribution in [0.4, 0.5) is 5.69 Å². The smallest absolute Gasteiger partial charge is 0.264 e. The molecule has 3 rings (SSSR count). The Morgan fingerprint density at radius 2 is 1.65 bits per heavy atom. The summed E-state index contributed by atoms with van der Waals surface area (Å²) in [6, 6.07) is 20.7. The molecule has 0 aliphatic rings. The Labute approximate surface area is 210 Å². The summed E-state index contributed by atoms with van der Waals surface area (Å²) >= 11 is 7.69. The zero-order valence-corrected chi connectivity index (χ0v) is 21.4. The van der Waals surface area contributed by atoms with Gasteiger partial charge >= 0.3 is 0 Å². The Morgan fingerprint density at radius 1 is 1.00 bits per heavy atom. The van der Waals surface area contributed by atoms with Crippen LogP contribution < -0.4 is 14.4 Å². The first-order valence-electron chi connectivity index (χ1n) is 10.7. The number of ether oxygens (including phenoxy) is 1. The topological polar surface area (TPSA) is 75.7 Å². The number of rotatable bonds is 11. The lowest BCUT2D eigenvalue weighted by molar-refractivity contribution is -0.119. The number of sulfonamides is 1. The average molecular weight is 519 g/mol. The highest BCUT2D eigenvalue weighted by Gasteiger charge is 2.27. The molecule has 0 atom stereocenters. The number of hydrogen-bond donors (Lipinski definition) is 1. The minimum absolute atomic E-state index is 0.0607. The van der Waals surface area contributed by atoms with Crippen LogP contribution in [0, 0.1) is 6.92 Å². The summed E-state index contributed by atoms with van der Waals surface area (Å²) in [5, 5.41) is 3.30. The van der Waals surface area contributed by atoms with Crippen molar-refractivity contribution in [3.8, 4) is 5.75 Å². The molecule has 6 nitrogen and oxygen atoms in total. The third-order valence-electron chi connectivity index (χ3n) is 4.98. The van der Waals surface area contributed by atoms with Gasteiger partial charge in [-0.15, -0.1) is 11.8 Å². The van der Waals surface area contributed by atoms with Gasteiger partial charge in [0.15, 0.2) is 0 Å². The van der Waals surface area contributed by atoms with Crippen LogP contribution in [-0.2, 0) is 14.8 Å². The van der Waals surface area contributed by atoms with E-state index in [0.717, 1.165) is 16.5 Å². The van der Waals surface area contributed by atoms with Gasteiger partial charge in [-0.3, -0.25) is 9.10 Å². The van der Waals surface area contributed by atoms with Gasteiger partial charge in [0, 0.05) is 16.5 Å². The number of thioether (sulfide) groups is 1. The molecule has 0 fully saturated rings. The highest BCUT2D eigenvalue weighted by molar-refractivity contribution is 7.99. The minimum atomic E-state index is -3.99. The first kappa shape index (κ1) is 25.9. The zero-order chi connectivity index (χ0) is 24.6. The molecule has 1 N–H and O–H groups in total. The Hall–Kier alpha value is -2.68. The number of carbonyl (C=O) groups excluding carboxylic acids is 1. The molecule has 0 saturated carbocycles. The lowest BCUT2D eigenvalue weighted by Crippen LogP contribution is -2.41. The standard InChI is InChI=1S/C25H27ClN2O4S2/c1-19-4-12-23(13-5-19)33-17-3-16-27-25(29)18-28(21-8-6-20(26)7-9-21)34(30,31)24-14-10-22(32-2)11-15-24/h4-15H,3,16-18H2,1-2H3,(H,27,29). The van der Waals surface area contributed by atoms with Crippen molar-refractivity contribution in [1.29, 1.82) is 0 Å². The normalized spacial score (nSPS) is 11.1. The van der Waals surface area contributed by atoms with Crippen molar-refractivity contribution in [2.24, 2.45) is 0 Å². The summed E-state index contributed by atoms with van der Waals surface area (Å²) in [5.74, 6) is 1.000. The molecule has 0 aliphatic carbocycles. The first-order chi connectivity index (χ1) is 16.3. The van der Waals surface area contributed by atoms with Gasteiger partial charge in [-0.2, -0.15) is 0 Å². The van der Waals surface area contributed by atoms with Crippen LogP contribution in [0.25, 0.3) is 0 Å². The molecule has 9 heteroatoms. The third-order valence-corrected chi connectivity index (χ3v) is 8.12. The van der Waals surface area contributed by atoms with Gasteiger partial charge in [-0.25, -0.2) is 8.42 Å². The predicted molar refractivity (Wildman–Crippen MR) is 139 cm³/mol. The Morgan fingerprint density at radius 3 is 2.26 bits per heavy atom. The van der Waals surface area contributed by atoms with Crippen LogP contribution in [0.2, 0.25) is 5.02 Å². The molecule has 0 radical (unpaired) electrons. The van der Waals surface area contributed by atoms with Crippen molar-refractivity contribution in [2.75, 3.05) is 30.3 Å². The van der Waals surface area contributed by atoms with Crippen LogP contribution in [-0.4, -0.2) is 40.3 Å². The van der Waals surface area contributed by atoms with E-state index in [1.54, 1.807) is 48.2 Å². The van der Waals surface area contributed by atoms with Gasteiger partial charge in [0.05, 0.1) is 17.7 Å². The van der Waals surface area contributed by atoms with Crippen molar-refractivity contribution in [3.63, 3.8) is 0 Å². The van der Waals surface area contributed by atoms with Crippen LogP contribution in [0.1, 0.15) is 12.0 Å². The van der Waals surface area contributed by atoms with E-state index in [9.17, 15) is 13.2 Å². The number of benzene rings is 3. The molecule has 180 valence electrons. The fourth-order valence-electron chi connectivity index (χ4n) is 3.11. The number of methoxy groups -OCH3 is 1. The monoisotopic (exact) mass is 518 g/mol. The number of carbonyl (C=O) groups is 1. The number of hydrogen-bond acceptors (Lipinski definition) is 5. The second-order valence-corrected chi connectivity index (χ2v) is 11.0. The average Bonchev–Trinajstić information content (AvgIpc) is 2.84. The number of nitrogens with one attached hydrogen (secondary N) is 1. The minimum Gasteiger partial charge on any atom is -0.497 e. The molecule has 1 amide bonds. The van der Waals surface area contributed by atoms with E-state index in [1.807, 2.05) is 6.92 Å². The maximum atomic E-state index is 13.4. The van der Waals surface area contributed by atoms with E-state index >= 15 is 0 Å². The van der Waals surface area contributed by atoms with Crippen LogP contribution in [0.5, 0.6) is 5.75 Å². The molecule has 0 saturated heterocycles. The molecule has 0 bridgehead atoms. The number of anilines is 1. The van der Waals surface area contributed by atoms with Crippen LogP contribution in [0.15, 0.2) is 82.6 Å². The molecule has 0 unspecified atom stereocenters. The van der Waals surface area contributed by atoms with E-state index in [4.69, 9.17) is 16.3 Å². The molecular formula is C25H27ClN2O4S2. The Balaban J connectivity index is 1.64. The summed E-state index contributed by atoms with van der Waals surface area (Å²) in [5.41, 5.74) is 1.57. The van der Waals surface area contributed by atoms with Gasteiger partial charge in [0.1, 0.15) is 12.3 Å². The Kier molecular flexibility index (Phi) is 9.27. The number of amides is 1. The summed E-state index contributed by atoms with van der Waals surface area (Å²) < 4.78 is 33.0. The van der Waals surface area contributed by atoms with Crippen molar-refractivity contribution >= 4 is 45.0 Å². The van der Waals surface area contributed by atoms with Crippen LogP contribution in [0.3, 0.4) is 0 Å². The third kappa shape index (κ3) is 7.16. The Bertz CT molecular complexity index is 1180. The largest absolute Gasteiger partial charge is 0.497 e. The molecule has 0 aliphatic heterocycles. The quantitative estimate of drug-likeness (QED) is 0.280. The van der Waals surface area contributed by atoms with Gasteiger partial charge < -0.3 is 10.1 Å². The SMILES string of the molecule is COc1ccc(S(=O)(=O)N(CC(=O)NCCCSc2ccc(C)cc2)c2ccc(Cl)cc2)cc1. The molecular weight excluding hydrogens is 492 g/mol. The van der Waals surface area contributed by atoms with Crippen molar-refractivity contribution in [3.05, 3.63) is 83.4 Å². The lowest BCUT2D eigenvalue weighted by Gasteiger charge is -2.24. The highest BCUT2D eigenvalue weighted by atomic mass is 35.5. The number of halogens is 1. The fraction of sp³-hybridized carbons (Fsp3) is 0.240. The first-order valence-corrected chi connectivity index (χ1v) is 13.5. The maximum absolute atomic E-state index is 13.4.